The third-order valence-corrected chi connectivity index (χ3v) is 4.63. The summed E-state index contributed by atoms with van der Waals surface area (Å²) in [6.45, 7) is 0.586. The highest BCUT2D eigenvalue weighted by atomic mass is 19.4. The molecule has 1 heterocycles. The number of carbonyl (C=O) groups is 2. The van der Waals surface area contributed by atoms with Crippen molar-refractivity contribution in [1.29, 1.82) is 0 Å². The lowest BCUT2D eigenvalue weighted by atomic mass is 10.1. The van der Waals surface area contributed by atoms with E-state index in [1.165, 1.54) is 24.3 Å². The van der Waals surface area contributed by atoms with Gasteiger partial charge in [0.15, 0.2) is 0 Å². The van der Waals surface area contributed by atoms with E-state index < -0.39 is 23.6 Å². The van der Waals surface area contributed by atoms with Gasteiger partial charge in [0.25, 0.3) is 0 Å². The van der Waals surface area contributed by atoms with E-state index in [0.717, 1.165) is 17.7 Å². The highest BCUT2D eigenvalue weighted by molar-refractivity contribution is 5.97. The fourth-order valence-corrected chi connectivity index (χ4v) is 3.10. The van der Waals surface area contributed by atoms with E-state index in [-0.39, 0.29) is 30.4 Å². The molecule has 0 bridgehead atoms. The second-order valence-electron chi connectivity index (χ2n) is 6.69. The van der Waals surface area contributed by atoms with Gasteiger partial charge in [-0.05, 0) is 42.3 Å². The summed E-state index contributed by atoms with van der Waals surface area (Å²) in [5, 5.41) is 2.46. The summed E-state index contributed by atoms with van der Waals surface area (Å²) >= 11 is 0. The largest absolute Gasteiger partial charge is 0.416 e. The molecule has 0 aromatic heterocycles. The first-order valence-electron chi connectivity index (χ1n) is 8.73. The summed E-state index contributed by atoms with van der Waals surface area (Å²) in [4.78, 5) is 26.0. The number of rotatable bonds is 5. The van der Waals surface area contributed by atoms with Crippen LogP contribution in [0.4, 0.5) is 23.2 Å². The predicted octanol–water partition coefficient (Wildman–Crippen LogP) is 3.87. The fourth-order valence-electron chi connectivity index (χ4n) is 3.10. The first-order chi connectivity index (χ1) is 13.2. The van der Waals surface area contributed by atoms with E-state index >= 15 is 0 Å². The summed E-state index contributed by atoms with van der Waals surface area (Å²) < 4.78 is 51.2. The number of benzene rings is 2. The SMILES string of the molecule is O=C(Nc1cccc(C(F)(F)F)c1)C1CC(=O)N(CCc2ccc(F)cc2)C1. The Morgan fingerprint density at radius 2 is 1.86 bits per heavy atom. The van der Waals surface area contributed by atoms with E-state index in [4.69, 9.17) is 0 Å². The maximum Gasteiger partial charge on any atom is 0.416 e. The van der Waals surface area contributed by atoms with E-state index in [9.17, 15) is 27.2 Å². The van der Waals surface area contributed by atoms with Crippen LogP contribution in [0.1, 0.15) is 17.5 Å². The lowest BCUT2D eigenvalue weighted by Gasteiger charge is -2.17. The molecule has 1 atom stereocenters. The Morgan fingerprint density at radius 3 is 2.54 bits per heavy atom. The number of alkyl halides is 3. The summed E-state index contributed by atoms with van der Waals surface area (Å²) in [5.41, 5.74) is 0.0526. The van der Waals surface area contributed by atoms with Crippen LogP contribution in [-0.4, -0.2) is 29.8 Å². The van der Waals surface area contributed by atoms with Gasteiger partial charge in [0.05, 0.1) is 11.5 Å². The third-order valence-electron chi connectivity index (χ3n) is 4.63. The lowest BCUT2D eigenvalue weighted by molar-refractivity contribution is -0.137. The third kappa shape index (κ3) is 4.88. The van der Waals surface area contributed by atoms with Gasteiger partial charge in [0, 0.05) is 25.2 Å². The van der Waals surface area contributed by atoms with Crippen molar-refractivity contribution < 1.29 is 27.2 Å². The van der Waals surface area contributed by atoms with Gasteiger partial charge in [0.2, 0.25) is 11.8 Å². The first-order valence-corrected chi connectivity index (χ1v) is 8.73. The van der Waals surface area contributed by atoms with Crippen molar-refractivity contribution in [1.82, 2.24) is 4.90 Å². The quantitative estimate of drug-likeness (QED) is 0.783. The normalized spacial score (nSPS) is 17.1. The van der Waals surface area contributed by atoms with Crippen molar-refractivity contribution >= 4 is 17.5 Å². The Morgan fingerprint density at radius 1 is 1.14 bits per heavy atom. The Labute approximate surface area is 159 Å². The smallest absolute Gasteiger partial charge is 0.342 e. The monoisotopic (exact) mass is 394 g/mol. The molecule has 148 valence electrons. The van der Waals surface area contributed by atoms with Gasteiger partial charge < -0.3 is 10.2 Å². The predicted molar refractivity (Wildman–Crippen MR) is 94.9 cm³/mol. The van der Waals surface area contributed by atoms with Crippen molar-refractivity contribution in [2.45, 2.75) is 19.0 Å². The van der Waals surface area contributed by atoms with Gasteiger partial charge in [0.1, 0.15) is 5.82 Å². The Balaban J connectivity index is 1.57. The van der Waals surface area contributed by atoms with Gasteiger partial charge in [-0.15, -0.1) is 0 Å². The van der Waals surface area contributed by atoms with Gasteiger partial charge >= 0.3 is 6.18 Å². The molecule has 1 fully saturated rings. The van der Waals surface area contributed by atoms with Gasteiger partial charge in [-0.1, -0.05) is 18.2 Å². The summed E-state index contributed by atoms with van der Waals surface area (Å²) in [5.74, 6) is -1.65. The topological polar surface area (TPSA) is 49.4 Å². The second-order valence-corrected chi connectivity index (χ2v) is 6.69. The summed E-state index contributed by atoms with van der Waals surface area (Å²) in [7, 11) is 0. The van der Waals surface area contributed by atoms with Crippen LogP contribution >= 0.6 is 0 Å². The molecule has 0 saturated carbocycles. The number of amides is 2. The molecule has 2 amide bonds. The molecule has 1 aliphatic rings. The molecule has 1 N–H and O–H groups in total. The number of nitrogens with one attached hydrogen (secondary N) is 1. The molecule has 1 unspecified atom stereocenters. The zero-order valence-electron chi connectivity index (χ0n) is 14.8. The minimum atomic E-state index is -4.50. The molecule has 8 heteroatoms. The highest BCUT2D eigenvalue weighted by Gasteiger charge is 2.34. The number of hydrogen-bond donors (Lipinski definition) is 1. The minimum Gasteiger partial charge on any atom is -0.342 e. The number of nitrogens with zero attached hydrogens (tertiary/aromatic N) is 1. The van der Waals surface area contributed by atoms with Crippen molar-refractivity contribution in [3.05, 3.63) is 65.5 Å². The second kappa shape index (κ2) is 8.00. The van der Waals surface area contributed by atoms with Crippen LogP contribution in [0.15, 0.2) is 48.5 Å². The number of likely N-dealkylation sites (tertiary alicyclic amines) is 1. The maximum atomic E-state index is 12.9. The minimum absolute atomic E-state index is 0.00815. The standard InChI is InChI=1S/C20H18F4N2O2/c21-16-6-4-13(5-7-16)8-9-26-12-14(10-18(26)27)19(28)25-17-3-1-2-15(11-17)20(22,23)24/h1-7,11,14H,8-10,12H2,(H,25,28). The van der Waals surface area contributed by atoms with Gasteiger partial charge in [-0.25, -0.2) is 4.39 Å². The molecular formula is C20H18F4N2O2. The van der Waals surface area contributed by atoms with Crippen LogP contribution in [-0.2, 0) is 22.2 Å². The maximum absolute atomic E-state index is 12.9. The van der Waals surface area contributed by atoms with Crippen LogP contribution in [0.25, 0.3) is 0 Å². The first kappa shape index (κ1) is 19.9. The van der Waals surface area contributed by atoms with Crippen molar-refractivity contribution in [2.75, 3.05) is 18.4 Å². The van der Waals surface area contributed by atoms with Gasteiger partial charge in [-0.3, -0.25) is 9.59 Å². The van der Waals surface area contributed by atoms with Gasteiger partial charge in [-0.2, -0.15) is 13.2 Å². The Kier molecular flexibility index (Phi) is 5.67. The fraction of sp³-hybridized carbons (Fsp3) is 0.300. The number of halogens is 4. The van der Waals surface area contributed by atoms with Crippen molar-refractivity contribution in [2.24, 2.45) is 5.92 Å². The molecule has 0 radical (unpaired) electrons. The van der Waals surface area contributed by atoms with Crippen molar-refractivity contribution in [3.8, 4) is 0 Å². The van der Waals surface area contributed by atoms with Crippen LogP contribution in [0.5, 0.6) is 0 Å². The van der Waals surface area contributed by atoms with Crippen LogP contribution in [0.2, 0.25) is 0 Å². The molecule has 2 aromatic rings. The molecule has 0 aliphatic carbocycles. The summed E-state index contributed by atoms with van der Waals surface area (Å²) in [6, 6.07) is 10.3. The molecule has 1 saturated heterocycles. The molecule has 1 aliphatic heterocycles. The zero-order valence-corrected chi connectivity index (χ0v) is 14.8. The average molecular weight is 394 g/mol. The molecule has 0 spiro atoms. The lowest BCUT2D eigenvalue weighted by Crippen LogP contribution is -2.30. The zero-order chi connectivity index (χ0) is 20.3. The van der Waals surface area contributed by atoms with Crippen LogP contribution in [0, 0.1) is 11.7 Å². The molecule has 28 heavy (non-hydrogen) atoms. The highest BCUT2D eigenvalue weighted by Crippen LogP contribution is 2.31. The number of hydrogen-bond acceptors (Lipinski definition) is 2. The van der Waals surface area contributed by atoms with Crippen molar-refractivity contribution in [3.63, 3.8) is 0 Å². The summed E-state index contributed by atoms with van der Waals surface area (Å²) in [6.07, 6.45) is -3.97. The average Bonchev–Trinajstić information content (AvgIpc) is 3.02. The van der Waals surface area contributed by atoms with E-state index in [0.29, 0.717) is 13.0 Å². The number of anilines is 1. The Bertz CT molecular complexity index is 865. The molecule has 3 rings (SSSR count). The Hall–Kier alpha value is -2.90. The molecular weight excluding hydrogens is 376 g/mol. The van der Waals surface area contributed by atoms with E-state index in [1.54, 1.807) is 17.0 Å². The van der Waals surface area contributed by atoms with Crippen LogP contribution < -0.4 is 5.32 Å². The number of carbonyl (C=O) groups excluding carboxylic acids is 2. The van der Waals surface area contributed by atoms with E-state index in [2.05, 4.69) is 5.32 Å². The van der Waals surface area contributed by atoms with E-state index in [1.807, 2.05) is 0 Å². The molecule has 4 nitrogen and oxygen atoms in total. The van der Waals surface area contributed by atoms with Crippen LogP contribution in [0.3, 0.4) is 0 Å². The molecule has 2 aromatic carbocycles.